The van der Waals surface area contributed by atoms with Crippen LogP contribution < -0.4 is 5.73 Å². The summed E-state index contributed by atoms with van der Waals surface area (Å²) in [7, 11) is 2.11. The standard InChI is InChI=1S/C8H18N2/c1-7-4-5-8(2,9)10(3)6-7/h7H,4-6,9H2,1-3H3. The first-order valence-electron chi connectivity index (χ1n) is 4.02. The lowest BCUT2D eigenvalue weighted by molar-refractivity contribution is 0.0675. The van der Waals surface area contributed by atoms with E-state index < -0.39 is 0 Å². The van der Waals surface area contributed by atoms with Gasteiger partial charge in [-0.15, -0.1) is 0 Å². The first-order valence-corrected chi connectivity index (χ1v) is 4.02. The smallest absolute Gasteiger partial charge is 0.0655 e. The number of piperidine rings is 1. The number of rotatable bonds is 0. The second kappa shape index (κ2) is 2.51. The molecule has 0 radical (unpaired) electrons. The molecule has 0 aromatic carbocycles. The second-order valence-corrected chi connectivity index (χ2v) is 3.88. The Bertz CT molecular complexity index is 120. The van der Waals surface area contributed by atoms with Crippen molar-refractivity contribution in [1.29, 1.82) is 0 Å². The fourth-order valence-electron chi connectivity index (χ4n) is 1.50. The molecular formula is C8H18N2. The average Bonchev–Trinajstić information content (AvgIpc) is 1.81. The van der Waals surface area contributed by atoms with Gasteiger partial charge in [0, 0.05) is 6.54 Å². The van der Waals surface area contributed by atoms with E-state index in [-0.39, 0.29) is 5.66 Å². The predicted molar refractivity (Wildman–Crippen MR) is 43.6 cm³/mol. The molecule has 2 unspecified atom stereocenters. The molecule has 0 bridgehead atoms. The third-order valence-corrected chi connectivity index (χ3v) is 2.60. The molecular weight excluding hydrogens is 124 g/mol. The number of nitrogens with zero attached hydrogens (tertiary/aromatic N) is 1. The molecule has 0 aromatic rings. The molecule has 2 heteroatoms. The van der Waals surface area contributed by atoms with Crippen molar-refractivity contribution < 1.29 is 0 Å². The summed E-state index contributed by atoms with van der Waals surface area (Å²) in [5.41, 5.74) is 5.96. The van der Waals surface area contributed by atoms with Crippen molar-refractivity contribution in [2.45, 2.75) is 32.4 Å². The van der Waals surface area contributed by atoms with E-state index in [4.69, 9.17) is 5.73 Å². The first-order chi connectivity index (χ1) is 4.52. The topological polar surface area (TPSA) is 29.3 Å². The Morgan fingerprint density at radius 1 is 1.60 bits per heavy atom. The van der Waals surface area contributed by atoms with Crippen molar-refractivity contribution in [2.24, 2.45) is 11.7 Å². The van der Waals surface area contributed by atoms with E-state index >= 15 is 0 Å². The van der Waals surface area contributed by atoms with Crippen molar-refractivity contribution >= 4 is 0 Å². The summed E-state index contributed by atoms with van der Waals surface area (Å²) in [5, 5.41) is 0. The van der Waals surface area contributed by atoms with Gasteiger partial charge in [0.15, 0.2) is 0 Å². The van der Waals surface area contributed by atoms with E-state index in [1.165, 1.54) is 6.42 Å². The summed E-state index contributed by atoms with van der Waals surface area (Å²) < 4.78 is 0. The number of hydrogen-bond acceptors (Lipinski definition) is 2. The van der Waals surface area contributed by atoms with Crippen LogP contribution >= 0.6 is 0 Å². The minimum Gasteiger partial charge on any atom is -0.313 e. The summed E-state index contributed by atoms with van der Waals surface area (Å²) in [5.74, 6) is 0.821. The molecule has 0 aromatic heterocycles. The quantitative estimate of drug-likeness (QED) is 0.547. The van der Waals surface area contributed by atoms with Crippen LogP contribution in [-0.2, 0) is 0 Å². The fraction of sp³-hybridized carbons (Fsp3) is 1.00. The van der Waals surface area contributed by atoms with E-state index in [1.54, 1.807) is 0 Å². The maximum atomic E-state index is 6.01. The molecule has 10 heavy (non-hydrogen) atoms. The van der Waals surface area contributed by atoms with Crippen LogP contribution in [0.5, 0.6) is 0 Å². The summed E-state index contributed by atoms with van der Waals surface area (Å²) >= 11 is 0. The van der Waals surface area contributed by atoms with E-state index in [0.717, 1.165) is 18.9 Å². The molecule has 1 saturated heterocycles. The molecule has 1 heterocycles. The lowest BCUT2D eigenvalue weighted by Gasteiger charge is -2.42. The third-order valence-electron chi connectivity index (χ3n) is 2.60. The Morgan fingerprint density at radius 2 is 2.20 bits per heavy atom. The maximum absolute atomic E-state index is 6.01. The van der Waals surface area contributed by atoms with Crippen molar-refractivity contribution in [1.82, 2.24) is 4.90 Å². The molecule has 0 aliphatic carbocycles. The molecule has 0 spiro atoms. The van der Waals surface area contributed by atoms with Gasteiger partial charge in [-0.1, -0.05) is 6.92 Å². The Morgan fingerprint density at radius 3 is 2.60 bits per heavy atom. The van der Waals surface area contributed by atoms with Crippen LogP contribution in [0.1, 0.15) is 26.7 Å². The van der Waals surface area contributed by atoms with Crippen LogP contribution in [0.15, 0.2) is 0 Å². The molecule has 1 aliphatic rings. The Balaban J connectivity index is 2.52. The van der Waals surface area contributed by atoms with E-state index in [2.05, 4.69) is 25.8 Å². The minimum absolute atomic E-state index is 0.0491. The van der Waals surface area contributed by atoms with Crippen molar-refractivity contribution in [3.05, 3.63) is 0 Å². The molecule has 0 amide bonds. The zero-order valence-corrected chi connectivity index (χ0v) is 7.22. The zero-order valence-electron chi connectivity index (χ0n) is 7.22. The van der Waals surface area contributed by atoms with Crippen LogP contribution in [0, 0.1) is 5.92 Å². The van der Waals surface area contributed by atoms with E-state index in [9.17, 15) is 0 Å². The van der Waals surface area contributed by atoms with Crippen LogP contribution in [0.25, 0.3) is 0 Å². The highest BCUT2D eigenvalue weighted by Gasteiger charge is 2.29. The molecule has 0 saturated carbocycles. The van der Waals surface area contributed by atoms with Gasteiger partial charge in [-0.2, -0.15) is 0 Å². The fourth-order valence-corrected chi connectivity index (χ4v) is 1.50. The first kappa shape index (κ1) is 8.02. The van der Waals surface area contributed by atoms with Crippen LogP contribution in [0.3, 0.4) is 0 Å². The predicted octanol–water partition coefficient (Wildman–Crippen LogP) is 1.02. The Labute approximate surface area is 63.4 Å². The van der Waals surface area contributed by atoms with Crippen LogP contribution in [0.4, 0.5) is 0 Å². The third kappa shape index (κ3) is 1.50. The highest BCUT2D eigenvalue weighted by molar-refractivity contribution is 4.83. The normalized spacial score (nSPS) is 43.8. The van der Waals surface area contributed by atoms with E-state index in [1.807, 2.05) is 0 Å². The number of hydrogen-bond donors (Lipinski definition) is 1. The second-order valence-electron chi connectivity index (χ2n) is 3.88. The van der Waals surface area contributed by atoms with Gasteiger partial charge in [-0.3, -0.25) is 4.90 Å². The lowest BCUT2D eigenvalue weighted by Crippen LogP contribution is -2.55. The van der Waals surface area contributed by atoms with Gasteiger partial charge in [-0.05, 0) is 32.7 Å². The molecule has 2 atom stereocenters. The molecule has 1 rings (SSSR count). The van der Waals surface area contributed by atoms with Gasteiger partial charge < -0.3 is 5.73 Å². The van der Waals surface area contributed by atoms with Crippen molar-refractivity contribution in [3.8, 4) is 0 Å². The van der Waals surface area contributed by atoms with Gasteiger partial charge in [-0.25, -0.2) is 0 Å². The summed E-state index contributed by atoms with van der Waals surface area (Å²) in [6, 6.07) is 0. The van der Waals surface area contributed by atoms with Crippen LogP contribution in [-0.4, -0.2) is 24.2 Å². The summed E-state index contributed by atoms with van der Waals surface area (Å²) in [6.45, 7) is 5.54. The van der Waals surface area contributed by atoms with E-state index in [0.29, 0.717) is 0 Å². The van der Waals surface area contributed by atoms with Gasteiger partial charge in [0.25, 0.3) is 0 Å². The Hall–Kier alpha value is -0.0800. The lowest BCUT2D eigenvalue weighted by atomic mass is 9.92. The van der Waals surface area contributed by atoms with Gasteiger partial charge in [0.2, 0.25) is 0 Å². The minimum atomic E-state index is -0.0491. The molecule has 1 fully saturated rings. The Kier molecular flexibility index (Phi) is 2.02. The monoisotopic (exact) mass is 142 g/mol. The highest BCUT2D eigenvalue weighted by Crippen LogP contribution is 2.24. The van der Waals surface area contributed by atoms with Gasteiger partial charge >= 0.3 is 0 Å². The molecule has 1 aliphatic heterocycles. The van der Waals surface area contributed by atoms with Crippen molar-refractivity contribution in [3.63, 3.8) is 0 Å². The summed E-state index contributed by atoms with van der Waals surface area (Å²) in [6.07, 6.45) is 2.40. The zero-order chi connectivity index (χ0) is 7.78. The number of likely N-dealkylation sites (tertiary alicyclic amines) is 1. The van der Waals surface area contributed by atoms with Crippen LogP contribution in [0.2, 0.25) is 0 Å². The summed E-state index contributed by atoms with van der Waals surface area (Å²) in [4.78, 5) is 2.25. The van der Waals surface area contributed by atoms with Gasteiger partial charge in [0.1, 0.15) is 0 Å². The average molecular weight is 142 g/mol. The number of nitrogens with two attached hydrogens (primary N) is 1. The highest BCUT2D eigenvalue weighted by atomic mass is 15.3. The van der Waals surface area contributed by atoms with Crippen molar-refractivity contribution in [2.75, 3.05) is 13.6 Å². The molecule has 2 N–H and O–H groups in total. The molecule has 60 valence electrons. The van der Waals surface area contributed by atoms with Gasteiger partial charge in [0.05, 0.1) is 5.66 Å². The largest absolute Gasteiger partial charge is 0.313 e. The maximum Gasteiger partial charge on any atom is 0.0655 e. The molecule has 2 nitrogen and oxygen atoms in total. The SMILES string of the molecule is CC1CCC(C)(N)N(C)C1.